The highest BCUT2D eigenvalue weighted by molar-refractivity contribution is 5.99. The van der Waals surface area contributed by atoms with E-state index in [1.807, 2.05) is 0 Å². The van der Waals surface area contributed by atoms with Crippen LogP contribution in [0.4, 0.5) is 0 Å². The molecule has 0 bridgehead atoms. The van der Waals surface area contributed by atoms with Crippen molar-refractivity contribution in [3.63, 3.8) is 0 Å². The van der Waals surface area contributed by atoms with Crippen LogP contribution in [0.2, 0.25) is 0 Å². The number of ether oxygens (including phenoxy) is 3. The number of fused-ring (bicyclic) bond motifs is 1. The van der Waals surface area contributed by atoms with Crippen LogP contribution in [0, 0.1) is 0 Å². The Hall–Kier alpha value is -5.58. The summed E-state index contributed by atoms with van der Waals surface area (Å²) < 4.78 is 15.8. The maximum Gasteiger partial charge on any atom is 0.277 e. The molecule has 0 spiro atoms. The number of carbonyl (C=O) groups excluding carboxylic acids is 2. The first-order chi connectivity index (χ1) is 19.4. The van der Waals surface area contributed by atoms with Crippen LogP contribution in [0.1, 0.15) is 21.5 Å². The molecular weight excluding hydrogens is 516 g/mol. The zero-order chi connectivity index (χ0) is 28.5. The van der Waals surface area contributed by atoms with Gasteiger partial charge in [-0.15, -0.1) is 0 Å². The summed E-state index contributed by atoms with van der Waals surface area (Å²) in [6, 6.07) is 19.6. The van der Waals surface area contributed by atoms with E-state index in [1.165, 1.54) is 38.8 Å². The summed E-state index contributed by atoms with van der Waals surface area (Å²) in [4.78, 5) is 24.7. The second-order valence-corrected chi connectivity index (χ2v) is 8.35. The standard InChI is InChI=1S/C29H26N4O7/c1-38-23-7-9-26(34)21(13-23)15-30-32-28(36)17-40-25-6-5-18-11-20(4-3-19(18)12-25)29(37)33-31-16-22-14-24(39-2)8-10-27(22)35/h3-16,34-35H,17H2,1-2H3,(H,32,36)(H,33,37)/b30-15+,31-16+. The summed E-state index contributed by atoms with van der Waals surface area (Å²) in [5, 5.41) is 29.1. The van der Waals surface area contributed by atoms with E-state index in [4.69, 9.17) is 14.2 Å². The van der Waals surface area contributed by atoms with Crippen LogP contribution in [-0.2, 0) is 4.79 Å². The van der Waals surface area contributed by atoms with Crippen molar-refractivity contribution in [1.29, 1.82) is 0 Å². The second-order valence-electron chi connectivity index (χ2n) is 8.35. The van der Waals surface area contributed by atoms with Crippen LogP contribution in [0.25, 0.3) is 10.8 Å². The van der Waals surface area contributed by atoms with Gasteiger partial charge < -0.3 is 24.4 Å². The number of hydrogen-bond donors (Lipinski definition) is 4. The number of phenols is 2. The van der Waals surface area contributed by atoms with Gasteiger partial charge in [0.25, 0.3) is 11.8 Å². The molecule has 2 amide bonds. The zero-order valence-corrected chi connectivity index (χ0v) is 21.6. The van der Waals surface area contributed by atoms with Crippen molar-refractivity contribution in [1.82, 2.24) is 10.9 Å². The predicted octanol–water partition coefficient (Wildman–Crippen LogP) is 3.56. The monoisotopic (exact) mass is 542 g/mol. The van der Waals surface area contributed by atoms with E-state index in [-0.39, 0.29) is 18.1 Å². The van der Waals surface area contributed by atoms with E-state index in [2.05, 4.69) is 21.1 Å². The van der Waals surface area contributed by atoms with E-state index >= 15 is 0 Å². The van der Waals surface area contributed by atoms with Crippen molar-refractivity contribution in [2.75, 3.05) is 20.8 Å². The number of aromatic hydroxyl groups is 2. The summed E-state index contributed by atoms with van der Waals surface area (Å²) in [5.74, 6) is 0.612. The Kier molecular flexibility index (Phi) is 8.77. The molecular formula is C29H26N4O7. The smallest absolute Gasteiger partial charge is 0.277 e. The van der Waals surface area contributed by atoms with Crippen LogP contribution < -0.4 is 25.1 Å². The molecule has 4 rings (SSSR count). The predicted molar refractivity (Wildman–Crippen MR) is 150 cm³/mol. The molecule has 0 fully saturated rings. The fraction of sp³-hybridized carbons (Fsp3) is 0.103. The number of nitrogens with zero attached hydrogens (tertiary/aromatic N) is 2. The van der Waals surface area contributed by atoms with Crippen molar-refractivity contribution >= 4 is 35.0 Å². The van der Waals surface area contributed by atoms with Gasteiger partial charge in [0.2, 0.25) is 0 Å². The lowest BCUT2D eigenvalue weighted by atomic mass is 10.1. The molecule has 11 nitrogen and oxygen atoms in total. The van der Waals surface area contributed by atoms with Crippen molar-refractivity contribution < 1.29 is 34.0 Å². The molecule has 204 valence electrons. The number of methoxy groups -OCH3 is 2. The van der Waals surface area contributed by atoms with Gasteiger partial charge in [0.05, 0.1) is 26.6 Å². The lowest BCUT2D eigenvalue weighted by Gasteiger charge is -2.08. The van der Waals surface area contributed by atoms with Crippen molar-refractivity contribution in [3.8, 4) is 28.7 Å². The SMILES string of the molecule is COc1ccc(O)c(/C=N/NC(=O)COc2ccc3cc(C(=O)N/N=C/c4cc(OC)ccc4O)ccc3c2)c1. The lowest BCUT2D eigenvalue weighted by Crippen LogP contribution is -2.24. The molecule has 0 radical (unpaired) electrons. The average Bonchev–Trinajstić information content (AvgIpc) is 2.97. The Morgan fingerprint density at radius 3 is 1.90 bits per heavy atom. The summed E-state index contributed by atoms with van der Waals surface area (Å²) in [5.41, 5.74) is 5.93. The Balaban J connectivity index is 1.32. The molecule has 11 heteroatoms. The highest BCUT2D eigenvalue weighted by atomic mass is 16.5. The van der Waals surface area contributed by atoms with Crippen molar-refractivity contribution in [3.05, 3.63) is 89.5 Å². The zero-order valence-electron chi connectivity index (χ0n) is 21.6. The van der Waals surface area contributed by atoms with E-state index in [1.54, 1.807) is 60.7 Å². The maximum atomic E-state index is 12.5. The molecule has 0 aliphatic rings. The number of rotatable bonds is 10. The van der Waals surface area contributed by atoms with E-state index in [0.29, 0.717) is 33.9 Å². The number of amides is 2. The second kappa shape index (κ2) is 12.8. The summed E-state index contributed by atoms with van der Waals surface area (Å²) >= 11 is 0. The molecule has 0 aliphatic carbocycles. The van der Waals surface area contributed by atoms with E-state index < -0.39 is 11.8 Å². The normalized spacial score (nSPS) is 11.1. The van der Waals surface area contributed by atoms with Crippen LogP contribution in [-0.4, -0.2) is 55.3 Å². The summed E-state index contributed by atoms with van der Waals surface area (Å²) in [6.07, 6.45) is 2.62. The van der Waals surface area contributed by atoms with Gasteiger partial charge >= 0.3 is 0 Å². The fourth-order valence-corrected chi connectivity index (χ4v) is 3.56. The molecule has 0 atom stereocenters. The maximum absolute atomic E-state index is 12.5. The summed E-state index contributed by atoms with van der Waals surface area (Å²) in [6.45, 7) is -0.283. The van der Waals surface area contributed by atoms with E-state index in [0.717, 1.165) is 10.8 Å². The molecule has 4 aromatic rings. The van der Waals surface area contributed by atoms with Gasteiger partial charge in [-0.2, -0.15) is 10.2 Å². The average molecular weight is 543 g/mol. The van der Waals surface area contributed by atoms with Gasteiger partial charge in [0.1, 0.15) is 28.7 Å². The van der Waals surface area contributed by atoms with Gasteiger partial charge in [-0.1, -0.05) is 12.1 Å². The number of phenolic OH excluding ortho intramolecular Hbond substituents is 2. The third-order valence-electron chi connectivity index (χ3n) is 5.68. The Morgan fingerprint density at radius 1 is 0.725 bits per heavy atom. The van der Waals surface area contributed by atoms with Gasteiger partial charge in [-0.05, 0) is 71.4 Å². The van der Waals surface area contributed by atoms with Gasteiger partial charge in [0.15, 0.2) is 6.61 Å². The minimum atomic E-state index is -0.492. The molecule has 4 aromatic carbocycles. The lowest BCUT2D eigenvalue weighted by molar-refractivity contribution is -0.123. The third kappa shape index (κ3) is 7.04. The van der Waals surface area contributed by atoms with E-state index in [9.17, 15) is 19.8 Å². The number of benzene rings is 4. The Bertz CT molecular complexity index is 1600. The molecule has 0 unspecified atom stereocenters. The molecule has 4 N–H and O–H groups in total. The Morgan fingerprint density at radius 2 is 1.27 bits per heavy atom. The largest absolute Gasteiger partial charge is 0.507 e. The highest BCUT2D eigenvalue weighted by Crippen LogP contribution is 2.23. The first-order valence-electron chi connectivity index (χ1n) is 11.9. The quantitative estimate of drug-likeness (QED) is 0.177. The number of carbonyl (C=O) groups is 2. The van der Waals surface area contributed by atoms with Crippen LogP contribution in [0.5, 0.6) is 28.7 Å². The topological polar surface area (TPSA) is 151 Å². The molecule has 40 heavy (non-hydrogen) atoms. The molecule has 0 heterocycles. The first kappa shape index (κ1) is 27.5. The first-order valence-corrected chi connectivity index (χ1v) is 11.9. The minimum Gasteiger partial charge on any atom is -0.507 e. The molecule has 0 aliphatic heterocycles. The molecule has 0 saturated heterocycles. The van der Waals surface area contributed by atoms with Gasteiger partial charge in [-0.3, -0.25) is 9.59 Å². The Labute approximate surface area is 229 Å². The molecule has 0 aromatic heterocycles. The number of hydrazone groups is 2. The number of hydrogen-bond acceptors (Lipinski definition) is 9. The van der Waals surface area contributed by atoms with Crippen LogP contribution in [0.15, 0.2) is 83.0 Å². The van der Waals surface area contributed by atoms with Crippen molar-refractivity contribution in [2.24, 2.45) is 10.2 Å². The van der Waals surface area contributed by atoms with Gasteiger partial charge in [-0.25, -0.2) is 10.9 Å². The number of nitrogens with one attached hydrogen (secondary N) is 2. The van der Waals surface area contributed by atoms with Crippen molar-refractivity contribution in [2.45, 2.75) is 0 Å². The van der Waals surface area contributed by atoms with Crippen LogP contribution in [0.3, 0.4) is 0 Å². The van der Waals surface area contributed by atoms with Gasteiger partial charge in [0, 0.05) is 16.7 Å². The fourth-order valence-electron chi connectivity index (χ4n) is 3.56. The molecule has 0 saturated carbocycles. The third-order valence-corrected chi connectivity index (χ3v) is 5.68. The summed E-state index contributed by atoms with van der Waals surface area (Å²) in [7, 11) is 3.01. The van der Waals surface area contributed by atoms with Crippen LogP contribution >= 0.6 is 0 Å². The highest BCUT2D eigenvalue weighted by Gasteiger charge is 2.08. The minimum absolute atomic E-state index is 0.00116.